The van der Waals surface area contributed by atoms with Crippen molar-refractivity contribution in [1.82, 2.24) is 10.6 Å². The summed E-state index contributed by atoms with van der Waals surface area (Å²) in [7, 11) is 0. The number of carbonyl (C=O) groups excluding carboxylic acids is 2. The molecule has 1 aliphatic carbocycles. The summed E-state index contributed by atoms with van der Waals surface area (Å²) in [4.78, 5) is 23.1. The molecule has 0 aromatic heterocycles. The van der Waals surface area contributed by atoms with Crippen LogP contribution >= 0.6 is 11.6 Å². The summed E-state index contributed by atoms with van der Waals surface area (Å²) >= 11 is 5.76. The Bertz CT molecular complexity index is 553. The van der Waals surface area contributed by atoms with Gasteiger partial charge in [-0.3, -0.25) is 9.59 Å². The second kappa shape index (κ2) is 7.84. The van der Waals surface area contributed by atoms with Gasteiger partial charge in [-0.25, -0.2) is 0 Å². The number of hydrogen-bond donors (Lipinski definition) is 2. The van der Waals surface area contributed by atoms with Crippen molar-refractivity contribution in [3.05, 3.63) is 41.6 Å². The van der Waals surface area contributed by atoms with Crippen molar-refractivity contribution in [2.24, 2.45) is 5.92 Å². The normalized spacial score (nSPS) is 13.3. The van der Waals surface area contributed by atoms with Crippen LogP contribution in [0.15, 0.2) is 36.5 Å². The molecular weight excluding hydrogens is 304 g/mol. The highest BCUT2D eigenvalue weighted by Gasteiger charge is 2.29. The van der Waals surface area contributed by atoms with Crippen molar-refractivity contribution < 1.29 is 14.3 Å². The maximum atomic E-state index is 11.6. The quantitative estimate of drug-likeness (QED) is 0.771. The molecule has 1 saturated carbocycles. The highest BCUT2D eigenvalue weighted by Crippen LogP contribution is 2.29. The van der Waals surface area contributed by atoms with Gasteiger partial charge in [0.2, 0.25) is 5.91 Å². The number of benzene rings is 1. The molecule has 0 atom stereocenters. The molecule has 1 aromatic carbocycles. The fourth-order valence-corrected chi connectivity index (χ4v) is 1.89. The smallest absolute Gasteiger partial charge is 0.257 e. The second-order valence-electron chi connectivity index (χ2n) is 5.21. The van der Waals surface area contributed by atoms with E-state index in [0.29, 0.717) is 29.4 Å². The Labute approximate surface area is 134 Å². The Morgan fingerprint density at radius 2 is 1.95 bits per heavy atom. The molecule has 0 bridgehead atoms. The number of rotatable bonds is 8. The zero-order chi connectivity index (χ0) is 15.9. The molecule has 0 radical (unpaired) electrons. The van der Waals surface area contributed by atoms with Crippen LogP contribution in [0.1, 0.15) is 19.3 Å². The first-order valence-electron chi connectivity index (χ1n) is 7.18. The highest BCUT2D eigenvalue weighted by molar-refractivity contribution is 6.30. The number of nitrogens with one attached hydrogen (secondary N) is 2. The molecule has 0 spiro atoms. The molecular formula is C16H19ClN2O3. The van der Waals surface area contributed by atoms with E-state index in [1.165, 1.54) is 0 Å². The summed E-state index contributed by atoms with van der Waals surface area (Å²) in [5, 5.41) is 6.08. The molecule has 1 aliphatic rings. The molecule has 118 valence electrons. The van der Waals surface area contributed by atoms with Crippen molar-refractivity contribution in [2.75, 3.05) is 13.2 Å². The van der Waals surface area contributed by atoms with E-state index in [2.05, 4.69) is 17.2 Å². The Hall–Kier alpha value is -2.01. The van der Waals surface area contributed by atoms with Crippen LogP contribution in [0.4, 0.5) is 0 Å². The standard InChI is InChI=1S/C16H19ClN2O3/c1-11(19-16(21)12-2-3-12)8-9-18-15(20)10-22-14-6-4-13(17)5-7-14/h4-7,12H,1-3,8-10H2,(H,18,20)(H,19,21). The van der Waals surface area contributed by atoms with E-state index in [1.807, 2.05) is 0 Å². The molecule has 6 heteroatoms. The van der Waals surface area contributed by atoms with Crippen molar-refractivity contribution in [3.8, 4) is 5.75 Å². The van der Waals surface area contributed by atoms with Gasteiger partial charge in [0.05, 0.1) is 0 Å². The molecule has 0 heterocycles. The van der Waals surface area contributed by atoms with Crippen LogP contribution in [-0.2, 0) is 9.59 Å². The lowest BCUT2D eigenvalue weighted by atomic mass is 10.3. The SMILES string of the molecule is C=C(CCNC(=O)COc1ccc(Cl)cc1)NC(=O)C1CC1. The Morgan fingerprint density at radius 1 is 1.27 bits per heavy atom. The Morgan fingerprint density at radius 3 is 2.59 bits per heavy atom. The molecule has 0 aliphatic heterocycles. The van der Waals surface area contributed by atoms with E-state index in [1.54, 1.807) is 24.3 Å². The van der Waals surface area contributed by atoms with E-state index < -0.39 is 0 Å². The zero-order valence-electron chi connectivity index (χ0n) is 12.2. The van der Waals surface area contributed by atoms with Gasteiger partial charge in [-0.15, -0.1) is 0 Å². The van der Waals surface area contributed by atoms with Crippen molar-refractivity contribution in [1.29, 1.82) is 0 Å². The Balaban J connectivity index is 1.58. The number of amides is 2. The number of ether oxygens (including phenoxy) is 1. The first-order valence-corrected chi connectivity index (χ1v) is 7.56. The average molecular weight is 323 g/mol. The topological polar surface area (TPSA) is 67.4 Å². The van der Waals surface area contributed by atoms with E-state index in [9.17, 15) is 9.59 Å². The summed E-state index contributed by atoms with van der Waals surface area (Å²) in [5.41, 5.74) is 0.621. The third-order valence-electron chi connectivity index (χ3n) is 3.18. The van der Waals surface area contributed by atoms with Gasteiger partial charge in [0.15, 0.2) is 6.61 Å². The maximum Gasteiger partial charge on any atom is 0.257 e. The first-order chi connectivity index (χ1) is 10.5. The maximum absolute atomic E-state index is 11.6. The molecule has 1 aromatic rings. The van der Waals surface area contributed by atoms with Crippen LogP contribution in [0, 0.1) is 5.92 Å². The van der Waals surface area contributed by atoms with Crippen molar-refractivity contribution in [3.63, 3.8) is 0 Å². The summed E-state index contributed by atoms with van der Waals surface area (Å²) in [6.45, 7) is 4.12. The number of hydrogen-bond acceptors (Lipinski definition) is 3. The molecule has 5 nitrogen and oxygen atoms in total. The van der Waals surface area contributed by atoms with Gasteiger partial charge >= 0.3 is 0 Å². The Kier molecular flexibility index (Phi) is 5.83. The third-order valence-corrected chi connectivity index (χ3v) is 3.43. The van der Waals surface area contributed by atoms with Gasteiger partial charge < -0.3 is 15.4 Å². The molecule has 22 heavy (non-hydrogen) atoms. The van der Waals surface area contributed by atoms with Crippen LogP contribution in [-0.4, -0.2) is 25.0 Å². The predicted octanol–water partition coefficient (Wildman–Crippen LogP) is 2.27. The van der Waals surface area contributed by atoms with Crippen molar-refractivity contribution in [2.45, 2.75) is 19.3 Å². The molecule has 0 saturated heterocycles. The van der Waals surface area contributed by atoms with Crippen LogP contribution in [0.3, 0.4) is 0 Å². The molecule has 0 unspecified atom stereocenters. The summed E-state index contributed by atoms with van der Waals surface area (Å²) < 4.78 is 5.32. The predicted molar refractivity (Wildman–Crippen MR) is 84.6 cm³/mol. The number of carbonyl (C=O) groups is 2. The molecule has 2 rings (SSSR count). The van der Waals surface area contributed by atoms with E-state index in [0.717, 1.165) is 12.8 Å². The lowest BCUT2D eigenvalue weighted by molar-refractivity contribution is -0.123. The summed E-state index contributed by atoms with van der Waals surface area (Å²) in [5.74, 6) is 0.540. The fourth-order valence-electron chi connectivity index (χ4n) is 1.77. The van der Waals surface area contributed by atoms with Gasteiger partial charge in [-0.2, -0.15) is 0 Å². The largest absolute Gasteiger partial charge is 0.484 e. The van der Waals surface area contributed by atoms with Crippen molar-refractivity contribution >= 4 is 23.4 Å². The monoisotopic (exact) mass is 322 g/mol. The van der Waals surface area contributed by atoms with Crippen LogP contribution in [0.25, 0.3) is 0 Å². The van der Waals surface area contributed by atoms with Crippen LogP contribution < -0.4 is 15.4 Å². The molecule has 2 N–H and O–H groups in total. The van der Waals surface area contributed by atoms with Gasteiger partial charge in [-0.05, 0) is 37.1 Å². The van der Waals surface area contributed by atoms with Gasteiger partial charge in [-0.1, -0.05) is 18.2 Å². The first kappa shape index (κ1) is 16.4. The number of halogens is 1. The third kappa shape index (κ3) is 5.77. The molecule has 1 fully saturated rings. The average Bonchev–Trinajstić information content (AvgIpc) is 3.31. The lowest BCUT2D eigenvalue weighted by Crippen LogP contribution is -2.31. The lowest BCUT2D eigenvalue weighted by Gasteiger charge is -2.10. The van der Waals surface area contributed by atoms with Crippen LogP contribution in [0.5, 0.6) is 5.75 Å². The van der Waals surface area contributed by atoms with Crippen LogP contribution in [0.2, 0.25) is 5.02 Å². The fraction of sp³-hybridized carbons (Fsp3) is 0.375. The van der Waals surface area contributed by atoms with Gasteiger partial charge in [0.1, 0.15) is 5.75 Å². The van der Waals surface area contributed by atoms with Gasteiger partial charge in [0, 0.05) is 29.6 Å². The minimum Gasteiger partial charge on any atom is -0.484 e. The van der Waals surface area contributed by atoms with E-state index >= 15 is 0 Å². The van der Waals surface area contributed by atoms with Gasteiger partial charge in [0.25, 0.3) is 5.91 Å². The highest BCUT2D eigenvalue weighted by atomic mass is 35.5. The minimum absolute atomic E-state index is 0.0300. The second-order valence-corrected chi connectivity index (χ2v) is 5.65. The zero-order valence-corrected chi connectivity index (χ0v) is 13.0. The van der Waals surface area contributed by atoms with E-state index in [4.69, 9.17) is 16.3 Å². The molecule has 2 amide bonds. The summed E-state index contributed by atoms with van der Waals surface area (Å²) in [6.07, 6.45) is 2.42. The minimum atomic E-state index is -0.226. The van der Waals surface area contributed by atoms with E-state index in [-0.39, 0.29) is 24.3 Å². The summed E-state index contributed by atoms with van der Waals surface area (Å²) in [6, 6.07) is 6.79.